The first-order chi connectivity index (χ1) is 53.3. The van der Waals surface area contributed by atoms with Gasteiger partial charge in [-0.25, -0.2) is 63.8 Å². The molecule has 0 radical (unpaired) electrons. The lowest BCUT2D eigenvalue weighted by Crippen LogP contribution is -2.15. The van der Waals surface area contributed by atoms with Crippen molar-refractivity contribution in [1.29, 1.82) is 0 Å². The molecule has 10 aromatic heterocycles. The second-order valence-corrected chi connectivity index (χ2v) is 29.7. The summed E-state index contributed by atoms with van der Waals surface area (Å²) in [5.41, 5.74) is 10.6. The van der Waals surface area contributed by atoms with Crippen LogP contribution in [0.1, 0.15) is 233 Å². The number of aromatic nitrogens is 15. The Morgan fingerprint density at radius 2 is 0.900 bits per heavy atom. The van der Waals surface area contributed by atoms with E-state index < -0.39 is 5.97 Å². The standard InChI is InChI=1S/C19H21N3O2.C18H21N3O2.C16H21N3O2S.C15H19N3O2S.C15H19N3O2/c1-4-24-19(23)17-16(11-12(2)3)21-18(22-17)15-10-9-13-7-5-6-8-14(13)20-15;1-4-23-18(22)16-14(9-11(2)3)20-17(21-16)15-10-12-7-5-6-8-13(12)19-15;1-3-21-16(20)12-13(11-7-5-4-6-8-11)19(2)14(18-12)15-17-9-10-22-15;1-2-20-15(19)12-11(10-6-4-3-5-7-10)17-13(18-12)14-16-8-9-21-14;1-4-20-15(19)13-12(9-10(2)3)17-14(18-13)11-7-5-6-8-16-11/h5-10,12H,4,11H2,1-3H3,(H,21,22);5-8,10-11,19H,4,9H2,1-3H3,(H,20,21);9-11H,3-8H2,1-2H3;8-10H,2-7H2,1H3,(H,17,18);5-8,10H,4,9H2,1-3H3,(H,17,18). The number of esters is 5. The van der Waals surface area contributed by atoms with Crippen molar-refractivity contribution in [3.05, 3.63) is 171 Å². The summed E-state index contributed by atoms with van der Waals surface area (Å²) in [5, 5.41) is 7.66. The Hall–Kier alpha value is -10.8. The van der Waals surface area contributed by atoms with E-state index in [0.717, 1.165) is 117 Å². The molecule has 0 atom stereocenters. The highest BCUT2D eigenvalue weighted by atomic mass is 32.1. The number of fused-ring (bicyclic) bond motifs is 2. The van der Waals surface area contributed by atoms with Gasteiger partial charge in [-0.1, -0.05) is 129 Å². The fourth-order valence-electron chi connectivity index (χ4n) is 13.4. The molecule has 2 aromatic carbocycles. The number of carbonyl (C=O) groups excluding carboxylic acids is 5. The van der Waals surface area contributed by atoms with Crippen LogP contribution in [-0.4, -0.2) is 137 Å². The van der Waals surface area contributed by atoms with Gasteiger partial charge >= 0.3 is 29.8 Å². The van der Waals surface area contributed by atoms with E-state index in [2.05, 4.69) is 111 Å². The summed E-state index contributed by atoms with van der Waals surface area (Å²) >= 11 is 3.05. The Balaban J connectivity index is 0.000000146. The molecule has 5 N–H and O–H groups in total. The van der Waals surface area contributed by atoms with Gasteiger partial charge in [0.25, 0.3) is 0 Å². The molecule has 0 amide bonds. The number of nitrogens with zero attached hydrogens (tertiary/aromatic N) is 10. The van der Waals surface area contributed by atoms with Gasteiger partial charge in [-0.2, -0.15) is 0 Å². The van der Waals surface area contributed by atoms with Gasteiger partial charge in [-0.3, -0.25) is 4.98 Å². The molecular formula is C83H101N15O10S2. The van der Waals surface area contributed by atoms with E-state index in [1.54, 1.807) is 39.4 Å². The average molecular weight is 1530 g/mol. The number of benzene rings is 2. The van der Waals surface area contributed by atoms with Crippen molar-refractivity contribution >= 4 is 74.3 Å². The minimum Gasteiger partial charge on any atom is -0.461 e. The van der Waals surface area contributed by atoms with E-state index >= 15 is 0 Å². The van der Waals surface area contributed by atoms with Gasteiger partial charge in [-0.05, 0) is 134 Å². The van der Waals surface area contributed by atoms with Gasteiger partial charge in [0.15, 0.2) is 67.6 Å². The third-order valence-corrected chi connectivity index (χ3v) is 19.7. The molecule has 0 bridgehead atoms. The first-order valence-corrected chi connectivity index (χ1v) is 40.0. The van der Waals surface area contributed by atoms with Gasteiger partial charge in [0.2, 0.25) is 0 Å². The zero-order valence-electron chi connectivity index (χ0n) is 65.0. The van der Waals surface area contributed by atoms with Crippen molar-refractivity contribution in [3.63, 3.8) is 0 Å². The van der Waals surface area contributed by atoms with Gasteiger partial charge < -0.3 is 53.2 Å². The second-order valence-electron chi connectivity index (χ2n) is 27.9. The van der Waals surface area contributed by atoms with Gasteiger partial charge in [0.05, 0.1) is 72.7 Å². The van der Waals surface area contributed by atoms with Crippen LogP contribution in [0.3, 0.4) is 0 Å². The average Bonchev–Trinajstić information content (AvgIpc) is 1.63. The molecule has 2 aliphatic rings. The Labute approximate surface area is 649 Å². The van der Waals surface area contributed by atoms with Crippen LogP contribution >= 0.6 is 22.7 Å². The maximum absolute atomic E-state index is 12.3. The Morgan fingerprint density at radius 1 is 0.436 bits per heavy atom. The minimum absolute atomic E-state index is 0.318. The summed E-state index contributed by atoms with van der Waals surface area (Å²) in [7, 11) is 1.98. The number of nitrogens with one attached hydrogen (secondary N) is 5. The molecule has 25 nitrogen and oxygen atoms in total. The van der Waals surface area contributed by atoms with Gasteiger partial charge in [0.1, 0.15) is 11.4 Å². The largest absolute Gasteiger partial charge is 0.461 e. The molecule has 2 fully saturated rings. The molecule has 27 heteroatoms. The van der Waals surface area contributed by atoms with Crippen LogP contribution in [0.15, 0.2) is 114 Å². The molecule has 0 saturated heterocycles. The van der Waals surface area contributed by atoms with E-state index in [9.17, 15) is 24.0 Å². The van der Waals surface area contributed by atoms with E-state index in [1.165, 1.54) is 61.2 Å². The van der Waals surface area contributed by atoms with Gasteiger partial charge in [-0.15, -0.1) is 22.7 Å². The van der Waals surface area contributed by atoms with Crippen LogP contribution in [-0.2, 0) is 50.0 Å². The van der Waals surface area contributed by atoms with Crippen LogP contribution in [0.4, 0.5) is 0 Å². The highest BCUT2D eigenvalue weighted by Gasteiger charge is 2.32. The van der Waals surface area contributed by atoms with Crippen molar-refractivity contribution in [3.8, 4) is 56.2 Å². The lowest BCUT2D eigenvalue weighted by atomic mass is 9.86. The number of para-hydroxylation sites is 2. The van der Waals surface area contributed by atoms with Crippen LogP contribution in [0, 0.1) is 17.8 Å². The predicted molar refractivity (Wildman–Crippen MR) is 428 cm³/mol. The van der Waals surface area contributed by atoms with Crippen molar-refractivity contribution in [2.24, 2.45) is 24.8 Å². The Morgan fingerprint density at radius 3 is 1.41 bits per heavy atom. The van der Waals surface area contributed by atoms with Crippen LogP contribution < -0.4 is 0 Å². The SMILES string of the molecule is CCOC(=O)c1nc(-c2cc3ccccc3[nH]2)[nH]c1CC(C)C.CCOC(=O)c1nc(-c2ccc3ccccc3n2)[nH]c1CC(C)C.CCOC(=O)c1nc(-c2ccccn2)[nH]c1CC(C)C.CCOC(=O)c1nc(-c2nccs2)[nH]c1C1CCCCC1.CCOC(=O)c1nc(-c2nccs2)n(C)c1C1CCCCC1. The second kappa shape index (κ2) is 40.1. The van der Waals surface area contributed by atoms with Crippen molar-refractivity contribution in [2.75, 3.05) is 33.0 Å². The van der Waals surface area contributed by atoms with Gasteiger partial charge in [0, 0.05) is 64.5 Å². The predicted octanol–water partition coefficient (Wildman–Crippen LogP) is 18.3. The Bertz CT molecular complexity index is 4910. The molecule has 10 heterocycles. The minimum atomic E-state index is -0.392. The molecule has 0 unspecified atom stereocenters. The fraction of sp³-hybridized carbons (Fsp3) is 0.422. The molecule has 110 heavy (non-hydrogen) atoms. The van der Waals surface area contributed by atoms with E-state index in [4.69, 9.17) is 23.7 Å². The first kappa shape index (κ1) is 81.7. The van der Waals surface area contributed by atoms with E-state index in [-0.39, 0.29) is 23.9 Å². The number of pyridine rings is 2. The van der Waals surface area contributed by atoms with E-state index in [0.29, 0.717) is 126 Å². The monoisotopic (exact) mass is 1530 g/mol. The summed E-state index contributed by atoms with van der Waals surface area (Å²) in [6, 6.07) is 27.5. The van der Waals surface area contributed by atoms with Crippen molar-refractivity contribution in [2.45, 2.75) is 171 Å². The first-order valence-electron chi connectivity index (χ1n) is 38.2. The van der Waals surface area contributed by atoms with E-state index in [1.807, 2.05) is 121 Å². The zero-order valence-corrected chi connectivity index (χ0v) is 66.6. The lowest BCUT2D eigenvalue weighted by molar-refractivity contribution is 0.0508. The molecule has 0 spiro atoms. The summed E-state index contributed by atoms with van der Waals surface area (Å²) in [5.74, 6) is 3.49. The molecule has 2 aliphatic carbocycles. The molecule has 12 aromatic rings. The summed E-state index contributed by atoms with van der Waals surface area (Å²) in [6.07, 6.45) is 19.3. The number of H-pyrrole nitrogens is 5. The number of thiazole rings is 2. The van der Waals surface area contributed by atoms with Crippen LogP contribution in [0.2, 0.25) is 0 Å². The number of hydrogen-bond donors (Lipinski definition) is 5. The topological polar surface area (TPSA) is 331 Å². The molecule has 14 rings (SSSR count). The van der Waals surface area contributed by atoms with Crippen molar-refractivity contribution < 1.29 is 47.7 Å². The summed E-state index contributed by atoms with van der Waals surface area (Å²) in [6.45, 7) is 23.4. The highest BCUT2D eigenvalue weighted by molar-refractivity contribution is 7.13. The third-order valence-electron chi connectivity index (χ3n) is 18.2. The molecule has 2 saturated carbocycles. The number of aromatic amines is 5. The molecule has 0 aliphatic heterocycles. The Kier molecular flexibility index (Phi) is 29.8. The van der Waals surface area contributed by atoms with Crippen LogP contribution in [0.25, 0.3) is 78.0 Å². The highest BCUT2D eigenvalue weighted by Crippen LogP contribution is 2.39. The third kappa shape index (κ3) is 21.4. The number of rotatable bonds is 23. The summed E-state index contributed by atoms with van der Waals surface area (Å²) in [4.78, 5) is 117. The quantitative estimate of drug-likeness (QED) is 0.0293. The fourth-order valence-corrected chi connectivity index (χ4v) is 14.6. The maximum atomic E-state index is 12.3. The molecular weight excluding hydrogens is 1430 g/mol. The normalized spacial score (nSPS) is 13.0. The maximum Gasteiger partial charge on any atom is 0.358 e. The number of imidazole rings is 5. The number of carbonyl (C=O) groups is 5. The lowest BCUT2D eigenvalue weighted by Gasteiger charge is -2.23. The zero-order chi connectivity index (χ0) is 78.2. The van der Waals surface area contributed by atoms with Crippen molar-refractivity contribution in [1.82, 2.24) is 74.3 Å². The molecule has 580 valence electrons. The summed E-state index contributed by atoms with van der Waals surface area (Å²) < 4.78 is 27.7. The van der Waals surface area contributed by atoms with Crippen LogP contribution in [0.5, 0.6) is 0 Å². The smallest absolute Gasteiger partial charge is 0.358 e. The number of ether oxygens (including phenoxy) is 5. The number of hydrogen-bond acceptors (Lipinski definition) is 21.